The maximum Gasteiger partial charge on any atom is 0.490 e. The molecule has 2 aromatic rings. The number of alkyl halides is 3. The molecule has 3 heterocycles. The van der Waals surface area contributed by atoms with Crippen molar-refractivity contribution in [3.8, 4) is 16.9 Å². The second kappa shape index (κ2) is 11.6. The molecule has 10 nitrogen and oxygen atoms in total. The van der Waals surface area contributed by atoms with E-state index in [0.717, 1.165) is 67.7 Å². The average Bonchev–Trinajstić information content (AvgIpc) is 3.29. The number of halogens is 3. The molecule has 0 atom stereocenters. The largest absolute Gasteiger partial charge is 0.490 e. The molecule has 1 aromatic heterocycles. The van der Waals surface area contributed by atoms with Gasteiger partial charge in [0.25, 0.3) is 0 Å². The molecule has 0 saturated carbocycles. The molecule has 0 amide bonds. The van der Waals surface area contributed by atoms with Crippen LogP contribution in [0.25, 0.3) is 11.1 Å². The van der Waals surface area contributed by atoms with Crippen LogP contribution in [0.15, 0.2) is 24.5 Å². The summed E-state index contributed by atoms with van der Waals surface area (Å²) in [5.41, 5.74) is 2.70. The van der Waals surface area contributed by atoms with Gasteiger partial charge in [-0.3, -0.25) is 14.8 Å². The van der Waals surface area contributed by atoms with E-state index in [1.807, 2.05) is 19.3 Å². The van der Waals surface area contributed by atoms with Crippen LogP contribution in [0.1, 0.15) is 25.7 Å². The molecule has 36 heavy (non-hydrogen) atoms. The van der Waals surface area contributed by atoms with Gasteiger partial charge >= 0.3 is 17.8 Å². The second-order valence-corrected chi connectivity index (χ2v) is 8.92. The first kappa shape index (κ1) is 27.2. The van der Waals surface area contributed by atoms with Crippen LogP contribution in [0.4, 0.5) is 24.5 Å². The van der Waals surface area contributed by atoms with E-state index < -0.39 is 12.1 Å². The summed E-state index contributed by atoms with van der Waals surface area (Å²) in [5.74, 6) is -0.858. The Hall–Kier alpha value is -3.35. The van der Waals surface area contributed by atoms with Crippen LogP contribution in [0, 0.1) is 22.0 Å². The van der Waals surface area contributed by atoms with Gasteiger partial charge in [0, 0.05) is 55.3 Å². The van der Waals surface area contributed by atoms with Crippen molar-refractivity contribution in [1.82, 2.24) is 15.1 Å². The minimum absolute atomic E-state index is 0.0142. The predicted octanol–water partition coefficient (Wildman–Crippen LogP) is 3.85. The number of benzene rings is 1. The number of hydrogen-bond acceptors (Lipinski definition) is 7. The van der Waals surface area contributed by atoms with E-state index in [9.17, 15) is 23.3 Å². The number of ether oxygens (including phenoxy) is 1. The van der Waals surface area contributed by atoms with Gasteiger partial charge in [0.2, 0.25) is 0 Å². The zero-order valence-electron chi connectivity index (χ0n) is 20.1. The molecule has 2 saturated heterocycles. The molecule has 1 aromatic carbocycles. The zero-order valence-corrected chi connectivity index (χ0v) is 20.1. The highest BCUT2D eigenvalue weighted by Crippen LogP contribution is 2.42. The molecule has 2 aliphatic heterocycles. The smallest absolute Gasteiger partial charge is 0.490 e. The highest BCUT2D eigenvalue weighted by atomic mass is 19.4. The van der Waals surface area contributed by atoms with E-state index in [4.69, 9.17) is 14.6 Å². The SMILES string of the molecule is COc1cc(N2CCC(C3CCNCC3)CC2)c(-c2cnn(C)c2)cc1[N+](=O)[O-].O=C(O)C(F)(F)F. The molecule has 0 aliphatic carbocycles. The lowest BCUT2D eigenvalue weighted by Gasteiger charge is -2.39. The van der Waals surface area contributed by atoms with Gasteiger partial charge in [-0.1, -0.05) is 0 Å². The van der Waals surface area contributed by atoms with Gasteiger partial charge in [-0.2, -0.15) is 18.3 Å². The van der Waals surface area contributed by atoms with Gasteiger partial charge in [0.05, 0.1) is 18.2 Å². The number of hydrogen-bond donors (Lipinski definition) is 2. The number of carbonyl (C=O) groups is 1. The first-order valence-electron chi connectivity index (χ1n) is 11.6. The first-order chi connectivity index (χ1) is 17.0. The van der Waals surface area contributed by atoms with Gasteiger partial charge in [0.1, 0.15) is 0 Å². The minimum Gasteiger partial charge on any atom is -0.490 e. The minimum atomic E-state index is -5.08. The van der Waals surface area contributed by atoms with Crippen molar-refractivity contribution in [3.05, 3.63) is 34.6 Å². The lowest BCUT2D eigenvalue weighted by Crippen LogP contribution is -2.39. The Labute approximate surface area is 206 Å². The van der Waals surface area contributed by atoms with Gasteiger partial charge in [-0.05, 0) is 50.6 Å². The van der Waals surface area contributed by atoms with Crippen LogP contribution in [0.2, 0.25) is 0 Å². The molecule has 13 heteroatoms. The number of nitrogens with zero attached hydrogens (tertiary/aromatic N) is 4. The predicted molar refractivity (Wildman–Crippen MR) is 126 cm³/mol. The monoisotopic (exact) mass is 513 g/mol. The third-order valence-corrected chi connectivity index (χ3v) is 6.68. The highest BCUT2D eigenvalue weighted by Gasteiger charge is 2.38. The number of piperidine rings is 2. The number of carboxylic acid groups (broad SMARTS) is 1. The van der Waals surface area contributed by atoms with E-state index in [2.05, 4.69) is 15.3 Å². The Morgan fingerprint density at radius 1 is 1.19 bits per heavy atom. The van der Waals surface area contributed by atoms with Crippen LogP contribution < -0.4 is 15.0 Å². The number of rotatable bonds is 5. The fraction of sp³-hybridized carbons (Fsp3) is 0.565. The molecule has 0 unspecified atom stereocenters. The average molecular weight is 514 g/mol. The number of nitro groups is 1. The molecule has 2 fully saturated rings. The van der Waals surface area contributed by atoms with Gasteiger partial charge in [0.15, 0.2) is 5.75 Å². The Morgan fingerprint density at radius 3 is 2.25 bits per heavy atom. The summed E-state index contributed by atoms with van der Waals surface area (Å²) in [5, 5.41) is 26.4. The van der Waals surface area contributed by atoms with Crippen molar-refractivity contribution in [3.63, 3.8) is 0 Å². The van der Waals surface area contributed by atoms with Crippen LogP contribution >= 0.6 is 0 Å². The van der Waals surface area contributed by atoms with E-state index in [0.29, 0.717) is 5.75 Å². The van der Waals surface area contributed by atoms with Crippen molar-refractivity contribution in [2.75, 3.05) is 38.2 Å². The Morgan fingerprint density at radius 2 is 1.78 bits per heavy atom. The molecule has 2 aliphatic rings. The third kappa shape index (κ3) is 6.65. The zero-order chi connectivity index (χ0) is 26.5. The summed E-state index contributed by atoms with van der Waals surface area (Å²) >= 11 is 0. The quantitative estimate of drug-likeness (QED) is 0.457. The van der Waals surface area contributed by atoms with Crippen molar-refractivity contribution in [2.45, 2.75) is 31.9 Å². The van der Waals surface area contributed by atoms with Crippen molar-refractivity contribution in [2.24, 2.45) is 18.9 Å². The normalized spacial score (nSPS) is 17.3. The topological polar surface area (TPSA) is 123 Å². The lowest BCUT2D eigenvalue weighted by atomic mass is 9.79. The molecule has 0 bridgehead atoms. The summed E-state index contributed by atoms with van der Waals surface area (Å²) in [6, 6.07) is 3.45. The van der Waals surface area contributed by atoms with Crippen LogP contribution in [-0.2, 0) is 11.8 Å². The Kier molecular flexibility index (Phi) is 8.77. The lowest BCUT2D eigenvalue weighted by molar-refractivity contribution is -0.385. The molecule has 0 radical (unpaired) electrons. The first-order valence-corrected chi connectivity index (χ1v) is 11.6. The maximum absolute atomic E-state index is 11.6. The number of carboxylic acids is 1. The number of aryl methyl sites for hydroxylation is 1. The fourth-order valence-corrected chi connectivity index (χ4v) is 4.84. The summed E-state index contributed by atoms with van der Waals surface area (Å²) in [4.78, 5) is 22.4. The second-order valence-electron chi connectivity index (χ2n) is 8.92. The van der Waals surface area contributed by atoms with Crippen LogP contribution in [0.5, 0.6) is 5.75 Å². The van der Waals surface area contributed by atoms with Crippen molar-refractivity contribution < 1.29 is 32.7 Å². The molecule has 198 valence electrons. The summed E-state index contributed by atoms with van der Waals surface area (Å²) in [6.45, 7) is 4.19. The summed E-state index contributed by atoms with van der Waals surface area (Å²) < 4.78 is 38.8. The van der Waals surface area contributed by atoms with Crippen LogP contribution in [0.3, 0.4) is 0 Å². The van der Waals surface area contributed by atoms with E-state index in [-0.39, 0.29) is 10.6 Å². The Balaban J connectivity index is 0.000000454. The Bertz CT molecular complexity index is 1060. The molecular weight excluding hydrogens is 483 g/mol. The van der Waals surface area contributed by atoms with Gasteiger partial charge in [-0.25, -0.2) is 4.79 Å². The third-order valence-electron chi connectivity index (χ3n) is 6.68. The van der Waals surface area contributed by atoms with Crippen molar-refractivity contribution in [1.29, 1.82) is 0 Å². The van der Waals surface area contributed by atoms with Gasteiger partial charge in [-0.15, -0.1) is 0 Å². The van der Waals surface area contributed by atoms with E-state index in [1.54, 1.807) is 16.9 Å². The number of nitrogens with one attached hydrogen (secondary N) is 1. The molecular formula is C23H30F3N5O5. The molecule has 4 rings (SSSR count). The molecule has 2 N–H and O–H groups in total. The van der Waals surface area contributed by atoms with Crippen LogP contribution in [-0.4, -0.2) is 65.2 Å². The standard InChI is InChI=1S/C21H29N5O3.C2HF3O2/c1-24-14-17(13-23-24)18-11-20(26(27)28)21(29-2)12-19(18)25-9-5-16(6-10-25)15-3-7-22-8-4-15;3-2(4,5)1(6)7/h11-16,22H,3-10H2,1-2H3;(H,6,7). The number of methoxy groups -OCH3 is 1. The van der Waals surface area contributed by atoms with E-state index >= 15 is 0 Å². The van der Waals surface area contributed by atoms with Crippen molar-refractivity contribution >= 4 is 17.3 Å². The molecule has 0 spiro atoms. The summed E-state index contributed by atoms with van der Waals surface area (Å²) in [6.07, 6.45) is 3.45. The maximum atomic E-state index is 11.6. The summed E-state index contributed by atoms with van der Waals surface area (Å²) in [7, 11) is 3.34. The van der Waals surface area contributed by atoms with Gasteiger partial charge < -0.3 is 20.1 Å². The number of anilines is 1. The fourth-order valence-electron chi connectivity index (χ4n) is 4.84. The highest BCUT2D eigenvalue weighted by molar-refractivity contribution is 5.82. The number of nitro benzene ring substituents is 1. The van der Waals surface area contributed by atoms with E-state index in [1.165, 1.54) is 20.0 Å². The number of aliphatic carboxylic acids is 1. The number of aromatic nitrogens is 2.